The van der Waals surface area contributed by atoms with Gasteiger partial charge in [-0.15, -0.1) is 0 Å². The van der Waals surface area contributed by atoms with Crippen LogP contribution in [0.4, 0.5) is 0 Å². The zero-order valence-corrected chi connectivity index (χ0v) is 38.3. The molecule has 0 aliphatic carbocycles. The normalized spacial score (nSPS) is 12.1. The van der Waals surface area contributed by atoms with Crippen molar-refractivity contribution in [1.82, 2.24) is 0 Å². The van der Waals surface area contributed by atoms with Gasteiger partial charge in [0.2, 0.25) is 0 Å². The first-order valence-corrected chi connectivity index (χ1v) is 24.7. The summed E-state index contributed by atoms with van der Waals surface area (Å²) in [5, 5.41) is 0. The number of esters is 3. The lowest BCUT2D eigenvalue weighted by Crippen LogP contribution is -2.30. The Morgan fingerprint density at radius 1 is 0.339 bits per heavy atom. The number of unbranched alkanes of at least 4 members (excludes halogenated alkanes) is 29. The average molecular weight is 793 g/mol. The standard InChI is InChI=1S/C50H96O6/c1-6-7-8-9-10-11-12-13-14-15-19-25-30-35-40-48(51)54-43-47(44-55-49(52)41-36-31-26-22-21-24-29-34-39-46(4)5)56-50(53)42-37-32-27-20-17-16-18-23-28-33-38-45(2)3/h45-47H,6-44H2,1-5H3/t47-/m1/s1. The predicted octanol–water partition coefficient (Wildman–Crippen LogP) is 15.8. The van der Waals surface area contributed by atoms with E-state index < -0.39 is 6.10 Å². The Hall–Kier alpha value is -1.59. The first kappa shape index (κ1) is 54.4. The van der Waals surface area contributed by atoms with Crippen molar-refractivity contribution in [3.05, 3.63) is 0 Å². The van der Waals surface area contributed by atoms with E-state index >= 15 is 0 Å². The molecule has 0 radical (unpaired) electrons. The van der Waals surface area contributed by atoms with Crippen LogP contribution in [0.2, 0.25) is 0 Å². The van der Waals surface area contributed by atoms with Gasteiger partial charge in [-0.1, -0.05) is 234 Å². The molecule has 0 aliphatic heterocycles. The minimum atomic E-state index is -0.761. The quantitative estimate of drug-likeness (QED) is 0.0347. The van der Waals surface area contributed by atoms with Gasteiger partial charge in [-0.2, -0.15) is 0 Å². The molecule has 0 aromatic rings. The van der Waals surface area contributed by atoms with Crippen molar-refractivity contribution in [2.24, 2.45) is 11.8 Å². The maximum absolute atomic E-state index is 12.7. The van der Waals surface area contributed by atoms with E-state index in [1.54, 1.807) is 0 Å². The van der Waals surface area contributed by atoms with Gasteiger partial charge in [0.05, 0.1) is 0 Å². The van der Waals surface area contributed by atoms with E-state index in [-0.39, 0.29) is 31.1 Å². The molecule has 0 bridgehead atoms. The molecule has 6 nitrogen and oxygen atoms in total. The summed E-state index contributed by atoms with van der Waals surface area (Å²) in [4.78, 5) is 37.8. The molecule has 0 saturated heterocycles. The summed E-state index contributed by atoms with van der Waals surface area (Å²) in [6.07, 6.45) is 42.3. The van der Waals surface area contributed by atoms with Crippen molar-refractivity contribution >= 4 is 17.9 Å². The van der Waals surface area contributed by atoms with Crippen molar-refractivity contribution in [1.29, 1.82) is 0 Å². The van der Waals surface area contributed by atoms with Crippen LogP contribution in [0.3, 0.4) is 0 Å². The molecular weight excluding hydrogens is 697 g/mol. The van der Waals surface area contributed by atoms with Gasteiger partial charge in [0, 0.05) is 19.3 Å². The Bertz CT molecular complexity index is 854. The van der Waals surface area contributed by atoms with Gasteiger partial charge < -0.3 is 14.2 Å². The summed E-state index contributed by atoms with van der Waals surface area (Å²) in [6.45, 7) is 11.3. The van der Waals surface area contributed by atoms with Crippen LogP contribution in [-0.2, 0) is 28.6 Å². The number of carbonyl (C=O) groups excluding carboxylic acids is 3. The van der Waals surface area contributed by atoms with Gasteiger partial charge in [0.25, 0.3) is 0 Å². The fourth-order valence-corrected chi connectivity index (χ4v) is 7.46. The molecule has 0 spiro atoms. The van der Waals surface area contributed by atoms with Gasteiger partial charge in [-0.3, -0.25) is 14.4 Å². The Labute approximate surface area is 348 Å². The topological polar surface area (TPSA) is 78.9 Å². The summed E-state index contributed by atoms with van der Waals surface area (Å²) in [7, 11) is 0. The van der Waals surface area contributed by atoms with Gasteiger partial charge in [0.15, 0.2) is 6.10 Å². The molecule has 1 atom stereocenters. The highest BCUT2D eigenvalue weighted by molar-refractivity contribution is 5.71. The number of hydrogen-bond donors (Lipinski definition) is 0. The molecule has 0 aliphatic rings. The second kappa shape index (κ2) is 43.0. The van der Waals surface area contributed by atoms with Crippen molar-refractivity contribution in [2.75, 3.05) is 13.2 Å². The molecule has 0 fully saturated rings. The minimum absolute atomic E-state index is 0.0644. The smallest absolute Gasteiger partial charge is 0.306 e. The van der Waals surface area contributed by atoms with Crippen molar-refractivity contribution in [3.63, 3.8) is 0 Å². The lowest BCUT2D eigenvalue weighted by atomic mass is 10.0. The second-order valence-electron chi connectivity index (χ2n) is 18.1. The summed E-state index contributed by atoms with van der Waals surface area (Å²) in [6, 6.07) is 0. The Kier molecular flexibility index (Phi) is 41.8. The van der Waals surface area contributed by atoms with Crippen LogP contribution in [-0.4, -0.2) is 37.2 Å². The zero-order valence-electron chi connectivity index (χ0n) is 38.3. The van der Waals surface area contributed by atoms with Crippen LogP contribution in [0, 0.1) is 11.8 Å². The summed E-state index contributed by atoms with van der Waals surface area (Å²) in [5.41, 5.74) is 0. The third-order valence-corrected chi connectivity index (χ3v) is 11.2. The van der Waals surface area contributed by atoms with Crippen molar-refractivity contribution in [3.8, 4) is 0 Å². The molecule has 0 aromatic heterocycles. The fourth-order valence-electron chi connectivity index (χ4n) is 7.46. The number of ether oxygens (including phenoxy) is 3. The zero-order chi connectivity index (χ0) is 41.2. The van der Waals surface area contributed by atoms with E-state index in [4.69, 9.17) is 14.2 Å². The summed E-state index contributed by atoms with van der Waals surface area (Å²) >= 11 is 0. The molecule has 0 aromatic carbocycles. The van der Waals surface area contributed by atoms with Crippen LogP contribution in [0.5, 0.6) is 0 Å². The number of carbonyl (C=O) groups is 3. The van der Waals surface area contributed by atoms with E-state index in [1.807, 2.05) is 0 Å². The number of rotatable bonds is 44. The summed E-state index contributed by atoms with van der Waals surface area (Å²) < 4.78 is 16.8. The second-order valence-corrected chi connectivity index (χ2v) is 18.1. The Morgan fingerprint density at radius 3 is 0.875 bits per heavy atom. The highest BCUT2D eigenvalue weighted by atomic mass is 16.6. The first-order chi connectivity index (χ1) is 27.2. The number of hydrogen-bond acceptors (Lipinski definition) is 6. The molecule has 0 N–H and O–H groups in total. The fraction of sp³-hybridized carbons (Fsp3) is 0.940. The molecule has 6 heteroatoms. The molecule has 0 heterocycles. The lowest BCUT2D eigenvalue weighted by Gasteiger charge is -2.18. The van der Waals surface area contributed by atoms with Gasteiger partial charge in [-0.05, 0) is 31.1 Å². The van der Waals surface area contributed by atoms with Crippen molar-refractivity contribution in [2.45, 2.75) is 278 Å². The van der Waals surface area contributed by atoms with Crippen LogP contribution in [0.1, 0.15) is 272 Å². The van der Waals surface area contributed by atoms with E-state index in [0.29, 0.717) is 19.3 Å². The molecule has 0 amide bonds. The van der Waals surface area contributed by atoms with Crippen LogP contribution < -0.4 is 0 Å². The van der Waals surface area contributed by atoms with E-state index in [2.05, 4.69) is 34.6 Å². The molecule has 0 unspecified atom stereocenters. The maximum Gasteiger partial charge on any atom is 0.306 e. The van der Waals surface area contributed by atoms with E-state index in [9.17, 15) is 14.4 Å². The SMILES string of the molecule is CCCCCCCCCCCCCCCCC(=O)OC[C@H](COC(=O)CCCCCCCCCCC(C)C)OC(=O)CCCCCCCCCCCCC(C)C. The van der Waals surface area contributed by atoms with E-state index in [1.165, 1.54) is 161 Å². The van der Waals surface area contributed by atoms with E-state index in [0.717, 1.165) is 69.6 Å². The van der Waals surface area contributed by atoms with Crippen LogP contribution in [0.15, 0.2) is 0 Å². The van der Waals surface area contributed by atoms with Crippen LogP contribution >= 0.6 is 0 Å². The highest BCUT2D eigenvalue weighted by Gasteiger charge is 2.19. The predicted molar refractivity (Wildman–Crippen MR) is 238 cm³/mol. The maximum atomic E-state index is 12.7. The molecule has 0 rings (SSSR count). The van der Waals surface area contributed by atoms with Gasteiger partial charge in [-0.25, -0.2) is 0 Å². The Morgan fingerprint density at radius 2 is 0.589 bits per heavy atom. The first-order valence-electron chi connectivity index (χ1n) is 24.7. The Balaban J connectivity index is 4.32. The summed E-state index contributed by atoms with van der Waals surface area (Å²) in [5.74, 6) is 0.759. The van der Waals surface area contributed by atoms with Crippen molar-refractivity contribution < 1.29 is 28.6 Å². The molecule has 0 saturated carbocycles. The minimum Gasteiger partial charge on any atom is -0.462 e. The lowest BCUT2D eigenvalue weighted by molar-refractivity contribution is -0.167. The van der Waals surface area contributed by atoms with Crippen LogP contribution in [0.25, 0.3) is 0 Å². The monoisotopic (exact) mass is 793 g/mol. The average Bonchev–Trinajstić information content (AvgIpc) is 3.16. The molecule has 56 heavy (non-hydrogen) atoms. The molecule has 332 valence electrons. The highest BCUT2D eigenvalue weighted by Crippen LogP contribution is 2.17. The third-order valence-electron chi connectivity index (χ3n) is 11.2. The van der Waals surface area contributed by atoms with Gasteiger partial charge >= 0.3 is 17.9 Å². The molecular formula is C50H96O6. The largest absolute Gasteiger partial charge is 0.462 e. The third kappa shape index (κ3) is 43.5. The van der Waals surface area contributed by atoms with Gasteiger partial charge in [0.1, 0.15) is 13.2 Å².